The molecule has 0 atom stereocenters. The first-order valence-electron chi connectivity index (χ1n) is 1.44. The van der Waals surface area contributed by atoms with Crippen molar-refractivity contribution < 1.29 is 119 Å². The van der Waals surface area contributed by atoms with Gasteiger partial charge in [0.2, 0.25) is 0 Å². The summed E-state index contributed by atoms with van der Waals surface area (Å²) in [6.45, 7) is 0. The second kappa shape index (κ2) is 12.0. The molecule has 2 aliphatic heterocycles. The van der Waals surface area contributed by atoms with Gasteiger partial charge in [-0.2, -0.15) is 0 Å². The third kappa shape index (κ3) is 10.2. The molecular formula is H2MgO5Ti4Zn. The number of hydrogen-bond acceptors (Lipinski definition) is 5. The smallest absolute Gasteiger partial charge is 0 e. The van der Waals surface area contributed by atoms with Crippen LogP contribution in [0.1, 0.15) is 0 Å². The van der Waals surface area contributed by atoms with Gasteiger partial charge in [-0.3, -0.25) is 0 Å². The van der Waals surface area contributed by atoms with Crippen molar-refractivity contribution in [1.29, 1.82) is 0 Å². The fourth-order valence-electron chi connectivity index (χ4n) is 0.124. The minimum absolute atomic E-state index is 0. The minimum Gasteiger partial charge on any atom is 0 e. The average Bonchev–Trinajstić information content (AvgIpc) is 2.59. The topological polar surface area (TPSA) is 67.2 Å². The molecule has 0 amide bonds. The van der Waals surface area contributed by atoms with E-state index in [9.17, 15) is 0 Å². The monoisotopic (exact) mass is 362 g/mol. The second-order valence-electron chi connectivity index (χ2n) is 0.833. The fourth-order valence-corrected chi connectivity index (χ4v) is 1.39. The summed E-state index contributed by atoms with van der Waals surface area (Å²) in [6, 6.07) is 0. The molecular weight excluding hydrogens is 361 g/mol. The van der Waals surface area contributed by atoms with Crippen LogP contribution in [-0.4, -0.2) is 23.1 Å². The fraction of sp³-hybridized carbons (Fsp3) is 0. The largest absolute Gasteiger partial charge is 0 e. The molecule has 0 aromatic carbocycles. The Hall–Kier alpha value is 3.89. The summed E-state index contributed by atoms with van der Waals surface area (Å²) < 4.78 is 25.4. The summed E-state index contributed by atoms with van der Waals surface area (Å²) in [5, 5.41) is 0. The summed E-state index contributed by atoms with van der Waals surface area (Å²) in [5.74, 6) is 0. The zero-order chi connectivity index (χ0) is 5.33. The van der Waals surface area contributed by atoms with E-state index in [0.717, 1.165) is 0 Å². The summed E-state index contributed by atoms with van der Waals surface area (Å²) >= 11 is -2.38. The Morgan fingerprint density at radius 1 is 0.818 bits per heavy atom. The van der Waals surface area contributed by atoms with Crippen LogP contribution in [0.25, 0.3) is 0 Å². The van der Waals surface area contributed by atoms with Crippen LogP contribution in [0.2, 0.25) is 0 Å². The molecule has 2 aliphatic rings. The number of rotatable bonds is 0. The van der Waals surface area contributed by atoms with E-state index in [-0.39, 0.29) is 106 Å². The van der Waals surface area contributed by atoms with Crippen LogP contribution in [0.5, 0.6) is 0 Å². The van der Waals surface area contributed by atoms with Crippen molar-refractivity contribution in [3.05, 3.63) is 0 Å². The molecule has 0 bridgehead atoms. The Morgan fingerprint density at radius 2 is 1.00 bits per heavy atom. The molecule has 0 radical (unpaired) electrons. The Kier molecular flexibility index (Phi) is 26.3. The van der Waals surface area contributed by atoms with Crippen LogP contribution in [0.3, 0.4) is 0 Å². The molecule has 5 nitrogen and oxygen atoms in total. The predicted octanol–water partition coefficient (Wildman–Crippen LogP) is -1.32. The maximum absolute atomic E-state index is 8.38. The van der Waals surface area contributed by atoms with E-state index in [2.05, 4.69) is 13.9 Å². The third-order valence-electron chi connectivity index (χ3n) is 0.439. The SMILES string of the molecule is [MgH2].[O]1[O][Ti]12[O][O]2.[O]=[Zn].[Ti].[Ti].[Ti]. The molecule has 0 N–H and O–H groups in total. The number of hydrogen-bond donors (Lipinski definition) is 0. The van der Waals surface area contributed by atoms with Gasteiger partial charge in [-0.15, -0.1) is 0 Å². The molecule has 1 spiro atoms. The Bertz CT molecular complexity index is 71.0. The van der Waals surface area contributed by atoms with Gasteiger partial charge in [-0.05, 0) is 0 Å². The normalized spacial score (nSPS) is 18.0. The standard InChI is InChI=1S/Mg.2O2.O.4Ti.Zn.2H/c;2*1-2;;;;;;;;/q;2*-2;;;;;+4;;;. The maximum Gasteiger partial charge on any atom is 0 e. The molecule has 11 heteroatoms. The van der Waals surface area contributed by atoms with E-state index in [1.165, 1.54) is 0 Å². The van der Waals surface area contributed by atoms with Crippen molar-refractivity contribution in [3.63, 3.8) is 0 Å². The summed E-state index contributed by atoms with van der Waals surface area (Å²) in [5.41, 5.74) is 0. The van der Waals surface area contributed by atoms with Crippen LogP contribution in [0, 0.1) is 0 Å². The summed E-state index contributed by atoms with van der Waals surface area (Å²) in [7, 11) is 0. The van der Waals surface area contributed by atoms with Gasteiger partial charge < -0.3 is 0 Å². The van der Waals surface area contributed by atoms with Gasteiger partial charge in [0.25, 0.3) is 0 Å². The van der Waals surface area contributed by atoms with E-state index in [4.69, 9.17) is 3.57 Å². The Morgan fingerprint density at radius 3 is 1.00 bits per heavy atom. The first kappa shape index (κ1) is 24.2. The first-order chi connectivity index (χ1) is 3.41. The van der Waals surface area contributed by atoms with Crippen LogP contribution in [0.4, 0.5) is 0 Å². The van der Waals surface area contributed by atoms with Crippen LogP contribution in [0.15, 0.2) is 0 Å². The van der Waals surface area contributed by atoms with Crippen LogP contribution >= 0.6 is 0 Å². The zero-order valence-electron chi connectivity index (χ0n) is 4.75. The predicted molar refractivity (Wildman–Crippen MR) is 13.6 cm³/mol. The van der Waals surface area contributed by atoms with Crippen molar-refractivity contribution in [1.82, 2.24) is 0 Å². The Labute approximate surface area is 139 Å². The van der Waals surface area contributed by atoms with Gasteiger partial charge in [0.05, 0.1) is 0 Å². The van der Waals surface area contributed by atoms with Gasteiger partial charge in [0.1, 0.15) is 0 Å². The van der Waals surface area contributed by atoms with Crippen molar-refractivity contribution in [2.24, 2.45) is 0 Å². The van der Waals surface area contributed by atoms with Gasteiger partial charge in [0.15, 0.2) is 0 Å². The molecule has 52 valence electrons. The van der Waals surface area contributed by atoms with E-state index in [1.54, 1.807) is 0 Å². The molecule has 0 unspecified atom stereocenters. The summed E-state index contributed by atoms with van der Waals surface area (Å²) in [6.07, 6.45) is 0. The third-order valence-corrected chi connectivity index (χ3v) is 1.81. The van der Waals surface area contributed by atoms with Gasteiger partial charge >= 0.3 is 76.9 Å². The molecule has 0 aliphatic carbocycles. The van der Waals surface area contributed by atoms with Crippen LogP contribution in [-0.2, 0) is 119 Å². The van der Waals surface area contributed by atoms with Gasteiger partial charge in [-0.1, -0.05) is 0 Å². The van der Waals surface area contributed by atoms with Crippen molar-refractivity contribution >= 4 is 23.1 Å². The molecule has 11 heavy (non-hydrogen) atoms. The zero-order valence-corrected chi connectivity index (χ0v) is 14.0. The van der Waals surface area contributed by atoms with Crippen molar-refractivity contribution in [2.75, 3.05) is 0 Å². The van der Waals surface area contributed by atoms with E-state index in [0.29, 0.717) is 0 Å². The molecule has 2 rings (SSSR count). The summed E-state index contributed by atoms with van der Waals surface area (Å²) in [4.78, 5) is 0. The maximum atomic E-state index is 8.38. The van der Waals surface area contributed by atoms with E-state index in [1.807, 2.05) is 0 Å². The quantitative estimate of drug-likeness (QED) is 0.304. The molecule has 2 saturated heterocycles. The van der Waals surface area contributed by atoms with E-state index >= 15 is 0 Å². The van der Waals surface area contributed by atoms with Gasteiger partial charge in [-0.25, -0.2) is 0 Å². The van der Waals surface area contributed by atoms with Crippen molar-refractivity contribution in [2.45, 2.75) is 0 Å². The van der Waals surface area contributed by atoms with Crippen molar-refractivity contribution in [3.8, 4) is 0 Å². The first-order valence-corrected chi connectivity index (χ1v) is 5.20. The molecule has 0 saturated carbocycles. The Balaban J connectivity index is -0.0000000389. The molecule has 2 heterocycles. The van der Waals surface area contributed by atoms with Gasteiger partial charge in [0, 0.05) is 65.2 Å². The molecule has 2 fully saturated rings. The second-order valence-corrected chi connectivity index (χ2v) is 3.44. The van der Waals surface area contributed by atoms with Crippen LogP contribution < -0.4 is 0 Å². The van der Waals surface area contributed by atoms with E-state index < -0.39 is 18.1 Å². The minimum atomic E-state index is -2.50. The molecule has 0 aromatic rings. The molecule has 0 aromatic heterocycles. The average molecular weight is 363 g/mol.